The number of hydrogen-bond donors (Lipinski definition) is 2. The van der Waals surface area contributed by atoms with Gasteiger partial charge in [0.25, 0.3) is 0 Å². The van der Waals surface area contributed by atoms with E-state index in [1.165, 1.54) is 16.8 Å². The molecule has 2 nitrogen and oxygen atoms in total. The minimum Gasteiger partial charge on any atom is -0.384 e. The van der Waals surface area contributed by atoms with E-state index < -0.39 is 0 Å². The lowest BCUT2D eigenvalue weighted by Crippen LogP contribution is -2.13. The number of nitrogens with one attached hydrogen (secondary N) is 1. The number of anilines is 1. The Morgan fingerprint density at radius 1 is 1.58 bits per heavy atom. The van der Waals surface area contributed by atoms with Gasteiger partial charge >= 0.3 is 0 Å². The average molecular weight is 162 g/mol. The van der Waals surface area contributed by atoms with Crippen molar-refractivity contribution in [3.63, 3.8) is 0 Å². The predicted octanol–water partition coefficient (Wildman–Crippen LogP) is 1.46. The number of rotatable bonds is 1. The van der Waals surface area contributed by atoms with Gasteiger partial charge in [-0.25, -0.2) is 0 Å². The van der Waals surface area contributed by atoms with Crippen molar-refractivity contribution in [2.75, 3.05) is 18.4 Å². The van der Waals surface area contributed by atoms with E-state index in [0.29, 0.717) is 5.92 Å². The lowest BCUT2D eigenvalue weighted by atomic mass is 10.00. The normalized spacial score (nSPS) is 20.3. The zero-order valence-electron chi connectivity index (χ0n) is 7.30. The maximum Gasteiger partial charge on any atom is 0.0406 e. The summed E-state index contributed by atoms with van der Waals surface area (Å²) in [4.78, 5) is 0. The van der Waals surface area contributed by atoms with Crippen LogP contribution in [0.1, 0.15) is 17.0 Å². The van der Waals surface area contributed by atoms with Crippen LogP contribution >= 0.6 is 0 Å². The van der Waals surface area contributed by atoms with Gasteiger partial charge < -0.3 is 11.1 Å². The Morgan fingerprint density at radius 2 is 2.42 bits per heavy atom. The van der Waals surface area contributed by atoms with E-state index in [9.17, 15) is 0 Å². The lowest BCUT2D eigenvalue weighted by molar-refractivity contribution is 0.767. The summed E-state index contributed by atoms with van der Waals surface area (Å²) in [6, 6.07) is 6.40. The first kappa shape index (κ1) is 7.62. The molecular formula is C10H14N2. The molecule has 12 heavy (non-hydrogen) atoms. The van der Waals surface area contributed by atoms with Crippen molar-refractivity contribution in [3.05, 3.63) is 29.3 Å². The van der Waals surface area contributed by atoms with E-state index >= 15 is 0 Å². The maximum atomic E-state index is 5.66. The third kappa shape index (κ3) is 0.994. The number of benzene rings is 1. The van der Waals surface area contributed by atoms with Crippen molar-refractivity contribution in [2.45, 2.75) is 12.8 Å². The minimum atomic E-state index is 0.514. The van der Waals surface area contributed by atoms with Crippen molar-refractivity contribution in [1.29, 1.82) is 0 Å². The molecule has 1 aromatic carbocycles. The first-order valence-electron chi connectivity index (χ1n) is 4.36. The fourth-order valence-corrected chi connectivity index (χ4v) is 1.82. The lowest BCUT2D eigenvalue weighted by Gasteiger charge is -2.06. The number of aryl methyl sites for hydroxylation is 1. The molecule has 0 saturated heterocycles. The molecule has 0 spiro atoms. The Bertz CT molecular complexity index is 294. The Kier molecular flexibility index (Phi) is 1.77. The first-order valence-corrected chi connectivity index (χ1v) is 4.36. The summed E-state index contributed by atoms with van der Waals surface area (Å²) >= 11 is 0. The van der Waals surface area contributed by atoms with Crippen LogP contribution in [0.15, 0.2) is 18.2 Å². The highest BCUT2D eigenvalue weighted by molar-refractivity contribution is 5.62. The summed E-state index contributed by atoms with van der Waals surface area (Å²) in [5, 5.41) is 3.39. The van der Waals surface area contributed by atoms with Gasteiger partial charge in [0.05, 0.1) is 0 Å². The molecule has 0 amide bonds. The minimum absolute atomic E-state index is 0.514. The topological polar surface area (TPSA) is 38.0 Å². The van der Waals surface area contributed by atoms with E-state index in [2.05, 4.69) is 30.4 Å². The number of nitrogens with two attached hydrogens (primary N) is 1. The number of fused-ring (bicyclic) bond motifs is 1. The molecule has 64 valence electrons. The van der Waals surface area contributed by atoms with Crippen molar-refractivity contribution in [1.82, 2.24) is 0 Å². The summed E-state index contributed by atoms with van der Waals surface area (Å²) in [5.41, 5.74) is 9.67. The van der Waals surface area contributed by atoms with Crippen LogP contribution in [0.5, 0.6) is 0 Å². The van der Waals surface area contributed by atoms with E-state index in [0.717, 1.165) is 13.1 Å². The Labute approximate surface area is 72.8 Å². The van der Waals surface area contributed by atoms with Gasteiger partial charge in [-0.15, -0.1) is 0 Å². The molecule has 2 rings (SSSR count). The molecule has 1 unspecified atom stereocenters. The predicted molar refractivity (Wildman–Crippen MR) is 51.5 cm³/mol. The van der Waals surface area contributed by atoms with Gasteiger partial charge in [0.2, 0.25) is 0 Å². The molecule has 0 aliphatic carbocycles. The van der Waals surface area contributed by atoms with Gasteiger partial charge in [-0.05, 0) is 18.1 Å². The first-order chi connectivity index (χ1) is 5.83. The number of hydrogen-bond acceptors (Lipinski definition) is 2. The van der Waals surface area contributed by atoms with Crippen molar-refractivity contribution in [3.8, 4) is 0 Å². The van der Waals surface area contributed by atoms with Crippen LogP contribution in [0.3, 0.4) is 0 Å². The van der Waals surface area contributed by atoms with Crippen LogP contribution in [0.2, 0.25) is 0 Å². The van der Waals surface area contributed by atoms with Gasteiger partial charge in [0.1, 0.15) is 0 Å². The molecule has 1 aromatic rings. The zero-order valence-corrected chi connectivity index (χ0v) is 7.30. The molecule has 1 aliphatic heterocycles. The average Bonchev–Trinajstić information content (AvgIpc) is 2.49. The van der Waals surface area contributed by atoms with Crippen LogP contribution in [-0.4, -0.2) is 13.1 Å². The van der Waals surface area contributed by atoms with E-state index in [1.54, 1.807) is 0 Å². The molecular weight excluding hydrogens is 148 g/mol. The fourth-order valence-electron chi connectivity index (χ4n) is 1.82. The number of para-hydroxylation sites is 1. The summed E-state index contributed by atoms with van der Waals surface area (Å²) in [7, 11) is 0. The van der Waals surface area contributed by atoms with Crippen LogP contribution in [0, 0.1) is 6.92 Å². The third-order valence-corrected chi connectivity index (χ3v) is 2.55. The summed E-state index contributed by atoms with van der Waals surface area (Å²) in [6.07, 6.45) is 0. The maximum absolute atomic E-state index is 5.66. The van der Waals surface area contributed by atoms with Gasteiger partial charge in [-0.2, -0.15) is 0 Å². The molecule has 0 bridgehead atoms. The summed E-state index contributed by atoms with van der Waals surface area (Å²) in [5.74, 6) is 0.514. The Hall–Kier alpha value is -1.02. The molecule has 1 atom stereocenters. The molecule has 0 fully saturated rings. The van der Waals surface area contributed by atoms with Crippen LogP contribution in [0.25, 0.3) is 0 Å². The SMILES string of the molecule is Cc1cccc2c1NCC2CN. The van der Waals surface area contributed by atoms with Crippen LogP contribution in [0.4, 0.5) is 5.69 Å². The molecule has 1 aliphatic rings. The van der Waals surface area contributed by atoms with Gasteiger partial charge in [-0.3, -0.25) is 0 Å². The van der Waals surface area contributed by atoms with Gasteiger partial charge in [0.15, 0.2) is 0 Å². The second-order valence-electron chi connectivity index (χ2n) is 3.35. The highest BCUT2D eigenvalue weighted by atomic mass is 14.9. The smallest absolute Gasteiger partial charge is 0.0406 e. The quantitative estimate of drug-likeness (QED) is 0.656. The van der Waals surface area contributed by atoms with Gasteiger partial charge in [0, 0.05) is 24.7 Å². The van der Waals surface area contributed by atoms with Gasteiger partial charge in [-0.1, -0.05) is 18.2 Å². The van der Waals surface area contributed by atoms with E-state index in [1.807, 2.05) is 0 Å². The molecule has 0 radical (unpaired) electrons. The Morgan fingerprint density at radius 3 is 3.17 bits per heavy atom. The highest BCUT2D eigenvalue weighted by Crippen LogP contribution is 2.32. The van der Waals surface area contributed by atoms with Crippen molar-refractivity contribution < 1.29 is 0 Å². The third-order valence-electron chi connectivity index (χ3n) is 2.55. The summed E-state index contributed by atoms with van der Waals surface area (Å²) in [6.45, 7) is 3.87. The van der Waals surface area contributed by atoms with Crippen molar-refractivity contribution >= 4 is 5.69 Å². The molecule has 0 saturated carbocycles. The standard InChI is InChI=1S/C10H14N2/c1-7-3-2-4-9-8(5-11)6-12-10(7)9/h2-4,8,12H,5-6,11H2,1H3. The highest BCUT2D eigenvalue weighted by Gasteiger charge is 2.21. The van der Waals surface area contributed by atoms with Crippen LogP contribution < -0.4 is 11.1 Å². The molecule has 2 heteroatoms. The van der Waals surface area contributed by atoms with E-state index in [4.69, 9.17) is 5.73 Å². The Balaban J connectivity index is 2.46. The van der Waals surface area contributed by atoms with E-state index in [-0.39, 0.29) is 0 Å². The van der Waals surface area contributed by atoms with Crippen LogP contribution in [-0.2, 0) is 0 Å². The second-order valence-corrected chi connectivity index (χ2v) is 3.35. The van der Waals surface area contributed by atoms with Crippen molar-refractivity contribution in [2.24, 2.45) is 5.73 Å². The summed E-state index contributed by atoms with van der Waals surface area (Å²) < 4.78 is 0. The fraction of sp³-hybridized carbons (Fsp3) is 0.400. The molecule has 0 aromatic heterocycles. The molecule has 3 N–H and O–H groups in total. The second kappa shape index (κ2) is 2.79. The zero-order chi connectivity index (χ0) is 8.55. The molecule has 1 heterocycles. The monoisotopic (exact) mass is 162 g/mol. The largest absolute Gasteiger partial charge is 0.384 e.